The summed E-state index contributed by atoms with van der Waals surface area (Å²) in [5.41, 5.74) is 6.40. The number of ether oxygens (including phenoxy) is 1. The molecular weight excluding hydrogens is 210 g/mol. The summed E-state index contributed by atoms with van der Waals surface area (Å²) in [7, 11) is 0. The van der Waals surface area contributed by atoms with Crippen molar-refractivity contribution < 1.29 is 9.84 Å². The molecule has 0 radical (unpaired) electrons. The van der Waals surface area contributed by atoms with E-state index in [0.29, 0.717) is 12.3 Å². The molecule has 0 aliphatic rings. The van der Waals surface area contributed by atoms with Crippen molar-refractivity contribution >= 4 is 17.4 Å². The molecular formula is C11H17NO2S. The summed E-state index contributed by atoms with van der Waals surface area (Å²) in [6.45, 7) is 0.920. The van der Waals surface area contributed by atoms with Gasteiger partial charge in [-0.25, -0.2) is 0 Å². The summed E-state index contributed by atoms with van der Waals surface area (Å²) in [5, 5.41) is 8.57. The van der Waals surface area contributed by atoms with E-state index in [1.165, 1.54) is 0 Å². The van der Waals surface area contributed by atoms with E-state index in [9.17, 15) is 0 Å². The van der Waals surface area contributed by atoms with Gasteiger partial charge in [-0.05, 0) is 24.3 Å². The second kappa shape index (κ2) is 7.43. The number of aliphatic hydroxyl groups is 1. The smallest absolute Gasteiger partial charge is 0.142 e. The molecule has 0 bridgehead atoms. The van der Waals surface area contributed by atoms with Crippen LogP contribution in [0, 0.1) is 0 Å². The first-order valence-corrected chi connectivity index (χ1v) is 6.16. The lowest BCUT2D eigenvalue weighted by Gasteiger charge is -2.07. The molecule has 84 valence electrons. The summed E-state index contributed by atoms with van der Waals surface area (Å²) in [6, 6.07) is 7.50. The number of nitrogen functional groups attached to an aromatic ring is 1. The number of hydrogen-bond acceptors (Lipinski definition) is 4. The van der Waals surface area contributed by atoms with Crippen molar-refractivity contribution in [3.05, 3.63) is 24.3 Å². The van der Waals surface area contributed by atoms with Gasteiger partial charge >= 0.3 is 0 Å². The highest BCUT2D eigenvalue weighted by atomic mass is 32.2. The SMILES string of the molecule is Nc1ccccc1OCCCSCCO. The minimum absolute atomic E-state index is 0.247. The molecule has 3 nitrogen and oxygen atoms in total. The van der Waals surface area contributed by atoms with Gasteiger partial charge in [0.1, 0.15) is 5.75 Å². The van der Waals surface area contributed by atoms with Gasteiger partial charge in [0, 0.05) is 5.75 Å². The number of hydrogen-bond donors (Lipinski definition) is 2. The molecule has 0 aliphatic heterocycles. The lowest BCUT2D eigenvalue weighted by molar-refractivity contribution is 0.318. The predicted molar refractivity (Wildman–Crippen MR) is 65.4 cm³/mol. The Morgan fingerprint density at radius 1 is 1.27 bits per heavy atom. The van der Waals surface area contributed by atoms with Crippen LogP contribution in [0.15, 0.2) is 24.3 Å². The first kappa shape index (κ1) is 12.2. The second-order valence-electron chi connectivity index (χ2n) is 3.08. The van der Waals surface area contributed by atoms with E-state index in [0.717, 1.165) is 23.7 Å². The van der Waals surface area contributed by atoms with E-state index < -0.39 is 0 Å². The fourth-order valence-electron chi connectivity index (χ4n) is 1.12. The molecule has 3 N–H and O–H groups in total. The molecule has 0 atom stereocenters. The normalized spacial score (nSPS) is 10.2. The number of anilines is 1. The van der Waals surface area contributed by atoms with Gasteiger partial charge in [-0.1, -0.05) is 12.1 Å². The van der Waals surface area contributed by atoms with Crippen molar-refractivity contribution in [1.29, 1.82) is 0 Å². The molecule has 0 amide bonds. The van der Waals surface area contributed by atoms with E-state index in [2.05, 4.69) is 0 Å². The Bertz CT molecular complexity index is 281. The van der Waals surface area contributed by atoms with Crippen molar-refractivity contribution in [2.75, 3.05) is 30.5 Å². The minimum Gasteiger partial charge on any atom is -0.491 e. The van der Waals surface area contributed by atoms with Gasteiger partial charge in [-0.2, -0.15) is 11.8 Å². The minimum atomic E-state index is 0.247. The average Bonchev–Trinajstić information content (AvgIpc) is 2.25. The summed E-state index contributed by atoms with van der Waals surface area (Å²) in [5.74, 6) is 2.56. The van der Waals surface area contributed by atoms with Crippen LogP contribution in [-0.2, 0) is 0 Å². The van der Waals surface area contributed by atoms with Crippen LogP contribution in [0.4, 0.5) is 5.69 Å². The molecule has 0 spiro atoms. The average molecular weight is 227 g/mol. The molecule has 0 saturated heterocycles. The molecule has 0 saturated carbocycles. The largest absolute Gasteiger partial charge is 0.491 e. The fraction of sp³-hybridized carbons (Fsp3) is 0.455. The summed E-state index contributed by atoms with van der Waals surface area (Å²) >= 11 is 1.73. The maximum Gasteiger partial charge on any atom is 0.142 e. The van der Waals surface area contributed by atoms with E-state index in [1.807, 2.05) is 24.3 Å². The van der Waals surface area contributed by atoms with E-state index in [4.69, 9.17) is 15.6 Å². The standard InChI is InChI=1S/C11H17NO2S/c12-10-4-1-2-5-11(10)14-7-3-8-15-9-6-13/h1-2,4-5,13H,3,6-9,12H2. The van der Waals surface area contributed by atoms with Crippen LogP contribution in [0.25, 0.3) is 0 Å². The number of rotatable bonds is 7. The molecule has 0 heterocycles. The van der Waals surface area contributed by atoms with Crippen molar-refractivity contribution in [2.24, 2.45) is 0 Å². The molecule has 0 fully saturated rings. The quantitative estimate of drug-likeness (QED) is 0.550. The third-order valence-corrected chi connectivity index (χ3v) is 2.89. The number of para-hydroxylation sites is 2. The molecule has 4 heteroatoms. The molecule has 1 rings (SSSR count). The van der Waals surface area contributed by atoms with E-state index >= 15 is 0 Å². The topological polar surface area (TPSA) is 55.5 Å². The Balaban J connectivity index is 2.12. The van der Waals surface area contributed by atoms with E-state index in [1.54, 1.807) is 11.8 Å². The maximum atomic E-state index is 8.57. The maximum absolute atomic E-state index is 8.57. The Kier molecular flexibility index (Phi) is 6.04. The third kappa shape index (κ3) is 4.95. The van der Waals surface area contributed by atoms with Gasteiger partial charge in [0.2, 0.25) is 0 Å². The summed E-state index contributed by atoms with van der Waals surface area (Å²) in [6.07, 6.45) is 0.971. The lowest BCUT2D eigenvalue weighted by Crippen LogP contribution is -2.01. The van der Waals surface area contributed by atoms with Crippen LogP contribution in [0.1, 0.15) is 6.42 Å². The number of nitrogens with two attached hydrogens (primary N) is 1. The molecule has 0 aliphatic carbocycles. The van der Waals surface area contributed by atoms with Gasteiger partial charge in [0.15, 0.2) is 0 Å². The zero-order valence-electron chi connectivity index (χ0n) is 8.69. The molecule has 1 aromatic rings. The third-order valence-electron chi connectivity index (χ3n) is 1.85. The predicted octanol–water partition coefficient (Wildman–Crippen LogP) is 1.76. The summed E-state index contributed by atoms with van der Waals surface area (Å²) in [4.78, 5) is 0. The lowest BCUT2D eigenvalue weighted by atomic mass is 10.3. The van der Waals surface area contributed by atoms with Crippen molar-refractivity contribution in [1.82, 2.24) is 0 Å². The van der Waals surface area contributed by atoms with Crippen LogP contribution in [0.5, 0.6) is 5.75 Å². The van der Waals surface area contributed by atoms with Gasteiger partial charge in [-0.15, -0.1) is 0 Å². The van der Waals surface area contributed by atoms with Crippen LogP contribution in [0.2, 0.25) is 0 Å². The Labute approximate surface area is 94.6 Å². The monoisotopic (exact) mass is 227 g/mol. The second-order valence-corrected chi connectivity index (χ2v) is 4.30. The fourth-order valence-corrected chi connectivity index (χ4v) is 1.78. The van der Waals surface area contributed by atoms with Gasteiger partial charge in [-0.3, -0.25) is 0 Å². The van der Waals surface area contributed by atoms with Gasteiger partial charge < -0.3 is 15.6 Å². The zero-order valence-corrected chi connectivity index (χ0v) is 9.50. The van der Waals surface area contributed by atoms with E-state index in [-0.39, 0.29) is 6.61 Å². The Hall–Kier alpha value is -0.870. The van der Waals surface area contributed by atoms with Gasteiger partial charge in [0.05, 0.1) is 18.9 Å². The first-order valence-electron chi connectivity index (χ1n) is 5.00. The van der Waals surface area contributed by atoms with Crippen LogP contribution >= 0.6 is 11.8 Å². The molecule has 1 aromatic carbocycles. The molecule has 15 heavy (non-hydrogen) atoms. The number of aliphatic hydroxyl groups excluding tert-OH is 1. The van der Waals surface area contributed by atoms with Crippen LogP contribution in [-0.4, -0.2) is 29.8 Å². The highest BCUT2D eigenvalue weighted by molar-refractivity contribution is 7.99. The molecule has 0 aromatic heterocycles. The highest BCUT2D eigenvalue weighted by Crippen LogP contribution is 2.19. The number of thioether (sulfide) groups is 1. The highest BCUT2D eigenvalue weighted by Gasteiger charge is 1.97. The van der Waals surface area contributed by atoms with Crippen molar-refractivity contribution in [2.45, 2.75) is 6.42 Å². The Morgan fingerprint density at radius 2 is 2.07 bits per heavy atom. The first-order chi connectivity index (χ1) is 7.34. The van der Waals surface area contributed by atoms with Crippen LogP contribution < -0.4 is 10.5 Å². The summed E-state index contributed by atoms with van der Waals surface area (Å²) < 4.78 is 5.52. The molecule has 0 unspecified atom stereocenters. The zero-order chi connectivity index (χ0) is 10.9. The van der Waals surface area contributed by atoms with Crippen molar-refractivity contribution in [3.8, 4) is 5.75 Å². The Morgan fingerprint density at radius 3 is 2.80 bits per heavy atom. The van der Waals surface area contributed by atoms with Gasteiger partial charge in [0.25, 0.3) is 0 Å². The van der Waals surface area contributed by atoms with Crippen LogP contribution in [0.3, 0.4) is 0 Å². The number of benzene rings is 1. The van der Waals surface area contributed by atoms with Crippen molar-refractivity contribution in [3.63, 3.8) is 0 Å².